The van der Waals surface area contributed by atoms with Crippen LogP contribution >= 0.6 is 15.9 Å². The lowest BCUT2D eigenvalue weighted by Crippen LogP contribution is -1.93. The van der Waals surface area contributed by atoms with E-state index in [1.807, 2.05) is 13.8 Å². The van der Waals surface area contributed by atoms with Crippen molar-refractivity contribution in [2.45, 2.75) is 34.6 Å². The minimum Gasteiger partial charge on any atom is -0.496 e. The van der Waals surface area contributed by atoms with Gasteiger partial charge in [-0.05, 0) is 31.9 Å². The predicted molar refractivity (Wildman–Crippen MR) is 66.3 cm³/mol. The molecule has 0 saturated carbocycles. The SMILES string of the molecule is CC.COc1c(C)cc(C)c(Br)c1C. The van der Waals surface area contributed by atoms with Crippen LogP contribution in [0.5, 0.6) is 5.75 Å². The van der Waals surface area contributed by atoms with Gasteiger partial charge in [0.05, 0.1) is 7.11 Å². The first-order valence-electron chi connectivity index (χ1n) is 4.88. The number of ether oxygens (including phenoxy) is 1. The van der Waals surface area contributed by atoms with Crippen molar-refractivity contribution < 1.29 is 4.74 Å². The van der Waals surface area contributed by atoms with E-state index in [4.69, 9.17) is 4.74 Å². The van der Waals surface area contributed by atoms with E-state index in [1.54, 1.807) is 7.11 Å². The molecule has 0 aliphatic carbocycles. The van der Waals surface area contributed by atoms with Gasteiger partial charge < -0.3 is 4.74 Å². The molecule has 0 unspecified atom stereocenters. The topological polar surface area (TPSA) is 9.23 Å². The smallest absolute Gasteiger partial charge is 0.125 e. The summed E-state index contributed by atoms with van der Waals surface area (Å²) in [5.41, 5.74) is 3.62. The second-order valence-electron chi connectivity index (χ2n) is 2.98. The van der Waals surface area contributed by atoms with Crippen molar-refractivity contribution in [1.82, 2.24) is 0 Å². The predicted octanol–water partition coefficient (Wildman–Crippen LogP) is 4.41. The van der Waals surface area contributed by atoms with Crippen LogP contribution in [0.3, 0.4) is 0 Å². The Hall–Kier alpha value is -0.500. The van der Waals surface area contributed by atoms with Crippen LogP contribution in [-0.4, -0.2) is 7.11 Å². The van der Waals surface area contributed by atoms with Gasteiger partial charge in [0.2, 0.25) is 0 Å². The molecule has 0 aliphatic rings. The molecule has 1 nitrogen and oxygen atoms in total. The molecule has 0 saturated heterocycles. The van der Waals surface area contributed by atoms with Crippen LogP contribution in [-0.2, 0) is 0 Å². The second-order valence-corrected chi connectivity index (χ2v) is 3.78. The molecule has 0 aliphatic heterocycles. The standard InChI is InChI=1S/C10H13BrO.C2H6/c1-6-5-7(2)10(12-4)8(3)9(6)11;1-2/h5H,1-4H3;1-2H3. The molecule has 0 radical (unpaired) electrons. The van der Waals surface area contributed by atoms with Crippen LogP contribution < -0.4 is 4.74 Å². The lowest BCUT2D eigenvalue weighted by molar-refractivity contribution is 0.408. The third kappa shape index (κ3) is 2.74. The average molecular weight is 259 g/mol. The lowest BCUT2D eigenvalue weighted by atomic mass is 10.1. The summed E-state index contributed by atoms with van der Waals surface area (Å²) in [6, 6.07) is 2.12. The van der Waals surface area contributed by atoms with Crippen molar-refractivity contribution >= 4 is 15.9 Å². The summed E-state index contributed by atoms with van der Waals surface area (Å²) in [6.07, 6.45) is 0. The van der Waals surface area contributed by atoms with Crippen LogP contribution in [0, 0.1) is 20.8 Å². The molecule has 2 heteroatoms. The monoisotopic (exact) mass is 258 g/mol. The van der Waals surface area contributed by atoms with Gasteiger partial charge in [0.1, 0.15) is 5.75 Å². The molecule has 0 atom stereocenters. The normalized spacial score (nSPS) is 9.07. The summed E-state index contributed by atoms with van der Waals surface area (Å²) >= 11 is 3.52. The minimum atomic E-state index is 0.979. The maximum Gasteiger partial charge on any atom is 0.125 e. The molecule has 80 valence electrons. The van der Waals surface area contributed by atoms with Gasteiger partial charge >= 0.3 is 0 Å². The Bertz CT molecular complexity index is 306. The Morgan fingerprint density at radius 3 is 2.00 bits per heavy atom. The molecule has 0 aromatic heterocycles. The van der Waals surface area contributed by atoms with Gasteiger partial charge in [-0.2, -0.15) is 0 Å². The summed E-state index contributed by atoms with van der Waals surface area (Å²) in [5, 5.41) is 0. The quantitative estimate of drug-likeness (QED) is 0.725. The molecule has 0 heterocycles. The Labute approximate surface area is 95.6 Å². The zero-order valence-corrected chi connectivity index (χ0v) is 11.4. The molecular weight excluding hydrogens is 240 g/mol. The Morgan fingerprint density at radius 1 is 1.07 bits per heavy atom. The van der Waals surface area contributed by atoms with Crippen molar-refractivity contribution in [3.05, 3.63) is 27.2 Å². The maximum absolute atomic E-state index is 5.28. The van der Waals surface area contributed by atoms with E-state index >= 15 is 0 Å². The van der Waals surface area contributed by atoms with Crippen LogP contribution in [0.25, 0.3) is 0 Å². The van der Waals surface area contributed by atoms with E-state index in [0.717, 1.165) is 10.2 Å². The van der Waals surface area contributed by atoms with Crippen molar-refractivity contribution in [3.63, 3.8) is 0 Å². The fourth-order valence-electron chi connectivity index (χ4n) is 1.46. The molecule has 0 bridgehead atoms. The van der Waals surface area contributed by atoms with Gasteiger partial charge in [-0.3, -0.25) is 0 Å². The van der Waals surface area contributed by atoms with Gasteiger partial charge in [-0.1, -0.05) is 35.8 Å². The number of halogens is 1. The number of hydrogen-bond acceptors (Lipinski definition) is 1. The van der Waals surface area contributed by atoms with Gasteiger partial charge in [0.15, 0.2) is 0 Å². The van der Waals surface area contributed by atoms with Gasteiger partial charge in [0, 0.05) is 10.0 Å². The summed E-state index contributed by atoms with van der Waals surface area (Å²) < 4.78 is 6.43. The van der Waals surface area contributed by atoms with Gasteiger partial charge in [0.25, 0.3) is 0 Å². The Kier molecular flexibility index (Phi) is 5.86. The van der Waals surface area contributed by atoms with Crippen LogP contribution in [0.15, 0.2) is 10.5 Å². The highest BCUT2D eigenvalue weighted by Crippen LogP contribution is 2.31. The zero-order chi connectivity index (χ0) is 11.3. The van der Waals surface area contributed by atoms with E-state index in [9.17, 15) is 0 Å². The molecule has 14 heavy (non-hydrogen) atoms. The van der Waals surface area contributed by atoms with Crippen LogP contribution in [0.2, 0.25) is 0 Å². The van der Waals surface area contributed by atoms with E-state index in [1.165, 1.54) is 16.7 Å². The van der Waals surface area contributed by atoms with Crippen molar-refractivity contribution in [1.29, 1.82) is 0 Å². The first-order valence-corrected chi connectivity index (χ1v) is 5.67. The molecule has 0 N–H and O–H groups in total. The summed E-state index contributed by atoms with van der Waals surface area (Å²) in [6.45, 7) is 10.2. The largest absolute Gasteiger partial charge is 0.496 e. The zero-order valence-electron chi connectivity index (χ0n) is 9.86. The summed E-state index contributed by atoms with van der Waals surface area (Å²) in [5.74, 6) is 0.979. The molecule has 1 aromatic carbocycles. The number of rotatable bonds is 1. The first-order chi connectivity index (χ1) is 6.57. The third-order valence-electron chi connectivity index (χ3n) is 2.01. The highest BCUT2D eigenvalue weighted by molar-refractivity contribution is 9.10. The number of methoxy groups -OCH3 is 1. The second kappa shape index (κ2) is 6.07. The van der Waals surface area contributed by atoms with Crippen molar-refractivity contribution in [2.24, 2.45) is 0 Å². The molecule has 1 rings (SSSR count). The lowest BCUT2D eigenvalue weighted by Gasteiger charge is -2.11. The molecule has 1 aromatic rings. The highest BCUT2D eigenvalue weighted by Gasteiger charge is 2.08. The highest BCUT2D eigenvalue weighted by atomic mass is 79.9. The molecular formula is C12H19BrO. The fraction of sp³-hybridized carbons (Fsp3) is 0.500. The summed E-state index contributed by atoms with van der Waals surface area (Å²) in [4.78, 5) is 0. The number of aryl methyl sites for hydroxylation is 2. The molecule has 0 fully saturated rings. The first kappa shape index (κ1) is 13.5. The van der Waals surface area contributed by atoms with Gasteiger partial charge in [-0.15, -0.1) is 0 Å². The van der Waals surface area contributed by atoms with E-state index in [0.29, 0.717) is 0 Å². The Morgan fingerprint density at radius 2 is 1.57 bits per heavy atom. The third-order valence-corrected chi connectivity index (χ3v) is 3.23. The van der Waals surface area contributed by atoms with Crippen LogP contribution in [0.4, 0.5) is 0 Å². The van der Waals surface area contributed by atoms with Crippen LogP contribution in [0.1, 0.15) is 30.5 Å². The van der Waals surface area contributed by atoms with E-state index in [-0.39, 0.29) is 0 Å². The number of hydrogen-bond donors (Lipinski definition) is 0. The van der Waals surface area contributed by atoms with Crippen molar-refractivity contribution in [2.75, 3.05) is 7.11 Å². The number of benzene rings is 1. The molecule has 0 amide bonds. The molecule has 0 spiro atoms. The van der Waals surface area contributed by atoms with E-state index in [2.05, 4.69) is 42.8 Å². The summed E-state index contributed by atoms with van der Waals surface area (Å²) in [7, 11) is 1.71. The fourth-order valence-corrected chi connectivity index (χ4v) is 1.75. The maximum atomic E-state index is 5.28. The minimum absolute atomic E-state index is 0.979. The van der Waals surface area contributed by atoms with E-state index < -0.39 is 0 Å². The Balaban J connectivity index is 0.000000791. The van der Waals surface area contributed by atoms with Crippen molar-refractivity contribution in [3.8, 4) is 5.75 Å². The average Bonchev–Trinajstić information content (AvgIpc) is 2.18. The van der Waals surface area contributed by atoms with Gasteiger partial charge in [-0.25, -0.2) is 0 Å².